The van der Waals surface area contributed by atoms with Crippen LogP contribution >= 0.6 is 35.1 Å². The number of carboxylic acids is 1. The van der Waals surface area contributed by atoms with Crippen LogP contribution in [-0.2, 0) is 9.59 Å². The molecule has 1 N–H and O–H groups in total. The van der Waals surface area contributed by atoms with Crippen LogP contribution in [0.5, 0.6) is 0 Å². The SMILES string of the molecule is C[C@@]1(CSc2nnnn2-c2ccc(Cl)cc2)S[C@@H]2CC(=O)N2[C@H]1C(=O)O. The molecule has 2 aliphatic rings. The number of hydrogen-bond acceptors (Lipinski definition) is 7. The van der Waals surface area contributed by atoms with Crippen molar-refractivity contribution in [2.75, 3.05) is 5.75 Å². The topological polar surface area (TPSA) is 101 Å². The van der Waals surface area contributed by atoms with Crippen LogP contribution in [0.15, 0.2) is 29.4 Å². The van der Waals surface area contributed by atoms with Gasteiger partial charge < -0.3 is 10.0 Å². The molecule has 0 aliphatic carbocycles. The lowest BCUT2D eigenvalue weighted by molar-refractivity contribution is -0.157. The molecule has 0 saturated carbocycles. The predicted molar refractivity (Wildman–Crippen MR) is 97.6 cm³/mol. The fourth-order valence-electron chi connectivity index (χ4n) is 3.19. The Kier molecular flexibility index (Phi) is 4.36. The van der Waals surface area contributed by atoms with E-state index in [1.165, 1.54) is 28.4 Å². The third-order valence-electron chi connectivity index (χ3n) is 4.44. The van der Waals surface area contributed by atoms with Gasteiger partial charge in [0.2, 0.25) is 11.1 Å². The molecule has 0 spiro atoms. The van der Waals surface area contributed by atoms with Gasteiger partial charge in [-0.1, -0.05) is 23.4 Å². The first-order valence-electron chi connectivity index (χ1n) is 7.78. The molecular weight excluding hydrogens is 398 g/mol. The van der Waals surface area contributed by atoms with Crippen LogP contribution in [-0.4, -0.2) is 64.0 Å². The lowest BCUT2D eigenvalue weighted by Gasteiger charge is -2.36. The third kappa shape index (κ3) is 2.85. The molecule has 11 heteroatoms. The van der Waals surface area contributed by atoms with Crippen LogP contribution < -0.4 is 0 Å². The van der Waals surface area contributed by atoms with Crippen molar-refractivity contribution in [2.24, 2.45) is 0 Å². The number of rotatable bonds is 5. The van der Waals surface area contributed by atoms with E-state index < -0.39 is 16.8 Å². The van der Waals surface area contributed by atoms with Crippen LogP contribution in [0.3, 0.4) is 0 Å². The Morgan fingerprint density at radius 1 is 1.46 bits per heavy atom. The number of aliphatic carboxylic acids is 1. The van der Waals surface area contributed by atoms with Gasteiger partial charge in [-0.3, -0.25) is 4.79 Å². The molecule has 1 aromatic heterocycles. The first-order valence-corrected chi connectivity index (χ1v) is 10.0. The average Bonchev–Trinajstić information content (AvgIpc) is 3.14. The van der Waals surface area contributed by atoms with Crippen molar-refractivity contribution >= 4 is 47.0 Å². The lowest BCUT2D eigenvalue weighted by Crippen LogP contribution is -2.57. The first kappa shape index (κ1) is 17.6. The fraction of sp³-hybridized carbons (Fsp3) is 0.400. The van der Waals surface area contributed by atoms with Crippen LogP contribution in [0, 0.1) is 0 Å². The highest BCUT2D eigenvalue weighted by atomic mass is 35.5. The zero-order chi connectivity index (χ0) is 18.5. The van der Waals surface area contributed by atoms with E-state index in [0.717, 1.165) is 5.69 Å². The van der Waals surface area contributed by atoms with E-state index in [9.17, 15) is 14.7 Å². The summed E-state index contributed by atoms with van der Waals surface area (Å²) in [7, 11) is 0. The molecule has 3 heterocycles. The van der Waals surface area contributed by atoms with E-state index in [1.807, 2.05) is 6.92 Å². The molecule has 2 aromatic rings. The highest BCUT2D eigenvalue weighted by Gasteiger charge is 2.60. The summed E-state index contributed by atoms with van der Waals surface area (Å²) in [5.41, 5.74) is 0.764. The second-order valence-electron chi connectivity index (χ2n) is 6.27. The molecule has 0 radical (unpaired) electrons. The Balaban J connectivity index is 1.54. The predicted octanol–water partition coefficient (Wildman–Crippen LogP) is 1.92. The summed E-state index contributed by atoms with van der Waals surface area (Å²) in [5.74, 6) is -0.619. The monoisotopic (exact) mass is 411 g/mol. The highest BCUT2D eigenvalue weighted by molar-refractivity contribution is 8.04. The third-order valence-corrected chi connectivity index (χ3v) is 7.71. The molecule has 0 bridgehead atoms. The van der Waals surface area contributed by atoms with Crippen LogP contribution in [0.25, 0.3) is 5.69 Å². The molecule has 2 aliphatic heterocycles. The number of fused-ring (bicyclic) bond motifs is 1. The van der Waals surface area contributed by atoms with Crippen molar-refractivity contribution in [3.8, 4) is 5.69 Å². The maximum absolute atomic E-state index is 11.8. The molecular formula is C15H14ClN5O3S2. The number of nitrogens with zero attached hydrogens (tertiary/aromatic N) is 5. The quantitative estimate of drug-likeness (QED) is 0.588. The van der Waals surface area contributed by atoms with Gasteiger partial charge >= 0.3 is 5.97 Å². The maximum Gasteiger partial charge on any atom is 0.327 e. The molecule has 2 fully saturated rings. The van der Waals surface area contributed by atoms with Crippen LogP contribution in [0.2, 0.25) is 5.02 Å². The average molecular weight is 412 g/mol. The van der Waals surface area contributed by atoms with Crippen molar-refractivity contribution in [1.29, 1.82) is 0 Å². The van der Waals surface area contributed by atoms with E-state index in [-0.39, 0.29) is 11.3 Å². The van der Waals surface area contributed by atoms with Gasteiger partial charge in [-0.2, -0.15) is 4.68 Å². The lowest BCUT2D eigenvalue weighted by atomic mass is 9.98. The van der Waals surface area contributed by atoms with Crippen LogP contribution in [0.1, 0.15) is 13.3 Å². The second kappa shape index (κ2) is 6.43. The number of carbonyl (C=O) groups is 2. The van der Waals surface area contributed by atoms with Gasteiger partial charge in [0.15, 0.2) is 0 Å². The standard InChI is InChI=1S/C15H14ClN5O3S2/c1-15(12(13(23)24)20-10(22)6-11(20)26-15)7-25-14-17-18-19-21(14)9-4-2-8(16)3-5-9/h2-5,11-12H,6-7H2,1H3,(H,23,24)/t11-,12+,15+/m1/s1. The molecule has 26 heavy (non-hydrogen) atoms. The molecule has 1 amide bonds. The normalized spacial score (nSPS) is 27.3. The highest BCUT2D eigenvalue weighted by Crippen LogP contribution is 2.52. The minimum atomic E-state index is -0.978. The second-order valence-corrected chi connectivity index (χ2v) is 9.36. The minimum absolute atomic E-state index is 0.0542. The zero-order valence-electron chi connectivity index (χ0n) is 13.6. The van der Waals surface area contributed by atoms with Crippen molar-refractivity contribution in [1.82, 2.24) is 25.1 Å². The molecule has 4 rings (SSSR count). The van der Waals surface area contributed by atoms with E-state index >= 15 is 0 Å². The van der Waals surface area contributed by atoms with Gasteiger partial charge in [0.05, 0.1) is 22.2 Å². The van der Waals surface area contributed by atoms with Gasteiger partial charge in [-0.15, -0.1) is 16.9 Å². The number of amides is 1. The number of tetrazole rings is 1. The number of carboxylic acid groups (broad SMARTS) is 1. The van der Waals surface area contributed by atoms with Crippen molar-refractivity contribution < 1.29 is 14.7 Å². The summed E-state index contributed by atoms with van der Waals surface area (Å²) in [6, 6.07) is 6.26. The number of benzene rings is 1. The number of carbonyl (C=O) groups excluding carboxylic acids is 1. The van der Waals surface area contributed by atoms with Gasteiger partial charge in [0.25, 0.3) is 0 Å². The molecule has 136 valence electrons. The number of aromatic nitrogens is 4. The summed E-state index contributed by atoms with van der Waals surface area (Å²) in [5, 5.41) is 22.5. The van der Waals surface area contributed by atoms with Gasteiger partial charge in [-0.05, 0) is 41.6 Å². The van der Waals surface area contributed by atoms with Crippen LogP contribution in [0.4, 0.5) is 0 Å². The summed E-state index contributed by atoms with van der Waals surface area (Å²) in [4.78, 5) is 25.1. The maximum atomic E-state index is 11.8. The zero-order valence-corrected chi connectivity index (χ0v) is 16.0. The van der Waals surface area contributed by atoms with E-state index in [4.69, 9.17) is 11.6 Å². The summed E-state index contributed by atoms with van der Waals surface area (Å²) in [6.07, 6.45) is 0.400. The summed E-state index contributed by atoms with van der Waals surface area (Å²) >= 11 is 8.82. The number of hydrogen-bond donors (Lipinski definition) is 1. The Morgan fingerprint density at radius 2 is 2.19 bits per heavy atom. The molecule has 1 aromatic carbocycles. The molecule has 3 atom stereocenters. The van der Waals surface area contributed by atoms with Crippen molar-refractivity contribution in [3.05, 3.63) is 29.3 Å². The molecule has 0 unspecified atom stereocenters. The van der Waals surface area contributed by atoms with Crippen molar-refractivity contribution in [3.63, 3.8) is 0 Å². The molecule has 8 nitrogen and oxygen atoms in total. The fourth-order valence-corrected chi connectivity index (χ4v) is 6.24. The van der Waals surface area contributed by atoms with Gasteiger partial charge in [0.1, 0.15) is 6.04 Å². The molecule has 2 saturated heterocycles. The van der Waals surface area contributed by atoms with Gasteiger partial charge in [0, 0.05) is 10.8 Å². The first-order chi connectivity index (χ1) is 12.4. The summed E-state index contributed by atoms with van der Waals surface area (Å²) < 4.78 is 0.962. The Hall–Kier alpha value is -1.78. The Morgan fingerprint density at radius 3 is 2.85 bits per heavy atom. The number of thioether (sulfide) groups is 2. The van der Waals surface area contributed by atoms with E-state index in [1.54, 1.807) is 28.9 Å². The Labute approximate surface area is 162 Å². The summed E-state index contributed by atoms with van der Waals surface area (Å²) in [6.45, 7) is 1.88. The van der Waals surface area contributed by atoms with E-state index in [2.05, 4.69) is 15.5 Å². The van der Waals surface area contributed by atoms with E-state index in [0.29, 0.717) is 22.4 Å². The van der Waals surface area contributed by atoms with Gasteiger partial charge in [-0.25, -0.2) is 4.79 Å². The van der Waals surface area contributed by atoms with Crippen molar-refractivity contribution in [2.45, 2.75) is 34.7 Å². The smallest absolute Gasteiger partial charge is 0.327 e. The largest absolute Gasteiger partial charge is 0.480 e. The number of halogens is 1. The minimum Gasteiger partial charge on any atom is -0.480 e. The number of β-lactam (4-membered cyclic amide) rings is 1. The Bertz CT molecular complexity index is 876.